The molecule has 2 heterocycles. The first-order chi connectivity index (χ1) is 16.9. The van der Waals surface area contributed by atoms with Gasteiger partial charge in [-0.1, -0.05) is 29.8 Å². The second kappa shape index (κ2) is 10.0. The van der Waals surface area contributed by atoms with E-state index in [1.165, 1.54) is 33.7 Å². The molecule has 3 aromatic rings. The van der Waals surface area contributed by atoms with Crippen LogP contribution in [0.4, 0.5) is 8.78 Å². The summed E-state index contributed by atoms with van der Waals surface area (Å²) < 4.78 is 33.1. The van der Waals surface area contributed by atoms with Crippen LogP contribution in [0, 0.1) is 25.5 Å². The van der Waals surface area contributed by atoms with Gasteiger partial charge in [-0.15, -0.1) is 11.8 Å². The number of halogens is 2. The second-order valence-corrected chi connectivity index (χ2v) is 10.7. The topological polar surface area (TPSA) is 29.5 Å². The lowest BCUT2D eigenvalue weighted by Gasteiger charge is -2.39. The van der Waals surface area contributed by atoms with Crippen molar-refractivity contribution in [3.8, 4) is 5.75 Å². The van der Waals surface area contributed by atoms with Crippen LogP contribution in [0.25, 0.3) is 0 Å². The molecule has 0 saturated carbocycles. The normalized spacial score (nSPS) is 21.3. The Labute approximate surface area is 209 Å². The fourth-order valence-corrected chi connectivity index (χ4v) is 6.30. The van der Waals surface area contributed by atoms with E-state index in [9.17, 15) is 13.6 Å². The Hall–Kier alpha value is -2.86. The first kappa shape index (κ1) is 23.9. The van der Waals surface area contributed by atoms with E-state index in [0.29, 0.717) is 18.4 Å². The third kappa shape index (κ3) is 5.22. The van der Waals surface area contributed by atoms with Crippen LogP contribution < -0.4 is 4.74 Å². The van der Waals surface area contributed by atoms with Crippen molar-refractivity contribution in [2.24, 2.45) is 0 Å². The standard InChI is InChI=1S/C29H29F2NO2S/c1-18-3-4-19(2)28(13-18)35-17-20-5-7-21(8-6-20)29(33)32-23-10-11-24(32)16-25(15-23)34-27-12-9-22(30)14-26(27)31/h3-9,12-14,23-25H,10-11,15-17H2,1-2H3. The number of fused-ring (bicyclic) bond motifs is 2. The van der Waals surface area contributed by atoms with Crippen LogP contribution in [0.2, 0.25) is 0 Å². The number of hydrogen-bond donors (Lipinski definition) is 0. The lowest BCUT2D eigenvalue weighted by atomic mass is 9.98. The number of carbonyl (C=O) groups is 1. The highest BCUT2D eigenvalue weighted by atomic mass is 32.2. The number of carbonyl (C=O) groups excluding carboxylic acids is 1. The molecule has 3 aromatic carbocycles. The molecule has 0 spiro atoms. The number of amides is 1. The van der Waals surface area contributed by atoms with Crippen molar-refractivity contribution in [1.82, 2.24) is 4.90 Å². The molecule has 1 amide bonds. The summed E-state index contributed by atoms with van der Waals surface area (Å²) in [4.78, 5) is 16.7. The molecule has 0 N–H and O–H groups in total. The van der Waals surface area contributed by atoms with Gasteiger partial charge in [-0.25, -0.2) is 8.78 Å². The molecule has 0 radical (unpaired) electrons. The third-order valence-electron chi connectivity index (χ3n) is 7.05. The Bertz CT molecular complexity index is 1220. The van der Waals surface area contributed by atoms with E-state index in [1.807, 2.05) is 40.9 Å². The molecule has 6 heteroatoms. The molecule has 0 aliphatic carbocycles. The minimum Gasteiger partial charge on any atom is -0.487 e. The summed E-state index contributed by atoms with van der Waals surface area (Å²) in [5.74, 6) is -0.327. The number of piperidine rings is 1. The second-order valence-electron chi connectivity index (χ2n) is 9.64. The molecular weight excluding hydrogens is 464 g/mol. The molecule has 2 atom stereocenters. The average molecular weight is 494 g/mol. The number of aryl methyl sites for hydroxylation is 2. The van der Waals surface area contributed by atoms with Gasteiger partial charge in [0.1, 0.15) is 11.9 Å². The van der Waals surface area contributed by atoms with Gasteiger partial charge < -0.3 is 9.64 Å². The van der Waals surface area contributed by atoms with Crippen LogP contribution >= 0.6 is 11.8 Å². The summed E-state index contributed by atoms with van der Waals surface area (Å²) in [6.45, 7) is 4.23. The lowest BCUT2D eigenvalue weighted by molar-refractivity contribution is 0.0349. The van der Waals surface area contributed by atoms with Crippen molar-refractivity contribution in [3.05, 3.63) is 94.6 Å². The van der Waals surface area contributed by atoms with E-state index < -0.39 is 11.6 Å². The van der Waals surface area contributed by atoms with Gasteiger partial charge in [0.05, 0.1) is 0 Å². The summed E-state index contributed by atoms with van der Waals surface area (Å²) in [5, 5.41) is 0. The smallest absolute Gasteiger partial charge is 0.254 e. The Morgan fingerprint density at radius 2 is 1.69 bits per heavy atom. The van der Waals surface area contributed by atoms with Gasteiger partial charge in [-0.05, 0) is 68.1 Å². The third-order valence-corrected chi connectivity index (χ3v) is 8.28. The van der Waals surface area contributed by atoms with E-state index in [4.69, 9.17) is 4.74 Å². The van der Waals surface area contributed by atoms with Gasteiger partial charge in [0.25, 0.3) is 5.91 Å². The van der Waals surface area contributed by atoms with Crippen molar-refractivity contribution in [2.75, 3.05) is 0 Å². The number of benzene rings is 3. The molecule has 182 valence electrons. The fraction of sp³-hybridized carbons (Fsp3) is 0.345. The summed E-state index contributed by atoms with van der Waals surface area (Å²) in [5.41, 5.74) is 4.42. The first-order valence-corrected chi connectivity index (χ1v) is 13.1. The quantitative estimate of drug-likeness (QED) is 0.343. The van der Waals surface area contributed by atoms with Crippen LogP contribution in [-0.2, 0) is 5.75 Å². The zero-order chi connectivity index (χ0) is 24.5. The molecule has 35 heavy (non-hydrogen) atoms. The SMILES string of the molecule is Cc1ccc(C)c(SCc2ccc(C(=O)N3C4CCC3CC(Oc3ccc(F)cc3F)C4)cc2)c1. The van der Waals surface area contributed by atoms with Gasteiger partial charge in [-0.3, -0.25) is 4.79 Å². The van der Waals surface area contributed by atoms with Crippen molar-refractivity contribution in [2.45, 2.75) is 68.4 Å². The molecule has 5 rings (SSSR count). The molecule has 2 saturated heterocycles. The molecule has 2 aliphatic heterocycles. The van der Waals surface area contributed by atoms with Crippen molar-refractivity contribution in [1.29, 1.82) is 0 Å². The summed E-state index contributed by atoms with van der Waals surface area (Å²) in [6, 6.07) is 18.0. The largest absolute Gasteiger partial charge is 0.487 e. The van der Waals surface area contributed by atoms with Crippen molar-refractivity contribution >= 4 is 17.7 Å². The maximum Gasteiger partial charge on any atom is 0.254 e. The first-order valence-electron chi connectivity index (χ1n) is 12.1. The molecule has 2 fully saturated rings. The van der Waals surface area contributed by atoms with Crippen molar-refractivity contribution < 1.29 is 18.3 Å². The predicted molar refractivity (Wildman–Crippen MR) is 135 cm³/mol. The van der Waals surface area contributed by atoms with E-state index in [0.717, 1.165) is 24.7 Å². The number of thioether (sulfide) groups is 1. The molecular formula is C29H29F2NO2S. The lowest BCUT2D eigenvalue weighted by Crippen LogP contribution is -2.49. The van der Waals surface area contributed by atoms with Gasteiger partial charge in [-0.2, -0.15) is 0 Å². The van der Waals surface area contributed by atoms with Gasteiger partial charge >= 0.3 is 0 Å². The van der Waals surface area contributed by atoms with E-state index in [2.05, 4.69) is 32.0 Å². The molecule has 0 aromatic heterocycles. The Morgan fingerprint density at radius 3 is 2.37 bits per heavy atom. The monoisotopic (exact) mass is 493 g/mol. The van der Waals surface area contributed by atoms with Crippen LogP contribution in [-0.4, -0.2) is 29.0 Å². The van der Waals surface area contributed by atoms with Crippen LogP contribution in [0.15, 0.2) is 65.6 Å². The zero-order valence-corrected chi connectivity index (χ0v) is 20.8. The highest BCUT2D eigenvalue weighted by Crippen LogP contribution is 2.39. The molecule has 2 unspecified atom stereocenters. The summed E-state index contributed by atoms with van der Waals surface area (Å²) >= 11 is 1.81. The van der Waals surface area contributed by atoms with Crippen LogP contribution in [0.5, 0.6) is 5.75 Å². The fourth-order valence-electron chi connectivity index (χ4n) is 5.22. The van der Waals surface area contributed by atoms with Gasteiger partial charge in [0.15, 0.2) is 11.6 Å². The highest BCUT2D eigenvalue weighted by molar-refractivity contribution is 7.98. The summed E-state index contributed by atoms with van der Waals surface area (Å²) in [6.07, 6.45) is 2.98. The number of ether oxygens (including phenoxy) is 1. The zero-order valence-electron chi connectivity index (χ0n) is 20.0. The Kier molecular flexibility index (Phi) is 6.83. The van der Waals surface area contributed by atoms with E-state index in [-0.39, 0.29) is 29.8 Å². The maximum atomic E-state index is 14.0. The number of nitrogens with zero attached hydrogens (tertiary/aromatic N) is 1. The van der Waals surface area contributed by atoms with E-state index in [1.54, 1.807) is 0 Å². The highest BCUT2D eigenvalue weighted by Gasteiger charge is 2.44. The van der Waals surface area contributed by atoms with Crippen LogP contribution in [0.3, 0.4) is 0 Å². The summed E-state index contributed by atoms with van der Waals surface area (Å²) in [7, 11) is 0. The minimum absolute atomic E-state index is 0.0534. The Balaban J connectivity index is 1.21. The number of rotatable bonds is 6. The molecule has 3 nitrogen and oxygen atoms in total. The number of hydrogen-bond acceptors (Lipinski definition) is 3. The average Bonchev–Trinajstić information content (AvgIpc) is 3.11. The van der Waals surface area contributed by atoms with E-state index >= 15 is 0 Å². The predicted octanol–water partition coefficient (Wildman–Crippen LogP) is 7.09. The molecule has 2 aliphatic rings. The maximum absolute atomic E-state index is 14.0. The van der Waals surface area contributed by atoms with Crippen LogP contribution in [0.1, 0.15) is 52.7 Å². The Morgan fingerprint density at radius 1 is 0.971 bits per heavy atom. The minimum atomic E-state index is -0.688. The van der Waals surface area contributed by atoms with Gasteiger partial charge in [0.2, 0.25) is 0 Å². The molecule has 2 bridgehead atoms. The van der Waals surface area contributed by atoms with Crippen molar-refractivity contribution in [3.63, 3.8) is 0 Å². The van der Waals surface area contributed by atoms with Gasteiger partial charge in [0, 0.05) is 47.2 Å².